The number of rotatable bonds is 7. The number of anilines is 2. The molecule has 0 bridgehead atoms. The minimum absolute atomic E-state index is 0.0314. The van der Waals surface area contributed by atoms with Crippen molar-refractivity contribution < 1.29 is 26.7 Å². The molecule has 1 heterocycles. The van der Waals surface area contributed by atoms with Crippen LogP contribution in [-0.4, -0.2) is 41.6 Å². The number of alkyl halides is 2. The number of hydrogen-bond donors (Lipinski definition) is 2. The van der Waals surface area contributed by atoms with Crippen LogP contribution in [0.25, 0.3) is 0 Å². The van der Waals surface area contributed by atoms with Crippen molar-refractivity contribution in [2.45, 2.75) is 23.4 Å². The number of methoxy groups -OCH3 is 1. The largest absolute Gasteiger partial charge is 0.495 e. The highest BCUT2D eigenvalue weighted by Gasteiger charge is 2.29. The zero-order chi connectivity index (χ0) is 23.5. The predicted octanol–water partition coefficient (Wildman–Crippen LogP) is 3.38. The van der Waals surface area contributed by atoms with Gasteiger partial charge in [-0.05, 0) is 43.7 Å². The molecule has 1 aliphatic heterocycles. The van der Waals surface area contributed by atoms with E-state index in [4.69, 9.17) is 4.74 Å². The summed E-state index contributed by atoms with van der Waals surface area (Å²) in [5.74, 6) is -0.280. The highest BCUT2D eigenvalue weighted by Crippen LogP contribution is 2.37. The molecule has 2 aromatic carbocycles. The Morgan fingerprint density at radius 1 is 1.28 bits per heavy atom. The monoisotopic (exact) mass is 485 g/mol. The van der Waals surface area contributed by atoms with E-state index < -0.39 is 15.7 Å². The Balaban J connectivity index is 1.86. The smallest absolute Gasteiger partial charge is 0.283 e. The van der Waals surface area contributed by atoms with E-state index in [0.29, 0.717) is 12.2 Å². The molecule has 32 heavy (non-hydrogen) atoms. The zero-order valence-electron chi connectivity index (χ0n) is 17.8. The second kappa shape index (κ2) is 9.68. The fraction of sp³-hybridized carbons (Fsp3) is 0.381. The lowest BCUT2D eigenvalue weighted by atomic mass is 9.99. The first-order valence-corrected chi connectivity index (χ1v) is 12.0. The first kappa shape index (κ1) is 24.4. The Bertz CT molecular complexity index is 1090. The van der Waals surface area contributed by atoms with Crippen molar-refractivity contribution in [3.8, 4) is 5.75 Å². The second-order valence-electron chi connectivity index (χ2n) is 7.54. The quantitative estimate of drug-likeness (QED) is 0.588. The number of sulfonamides is 1. The lowest BCUT2D eigenvalue weighted by Gasteiger charge is -2.23. The minimum atomic E-state index is -4.13. The number of piperidine rings is 1. The van der Waals surface area contributed by atoms with E-state index in [0.717, 1.165) is 29.8 Å². The van der Waals surface area contributed by atoms with Gasteiger partial charge in [-0.25, -0.2) is 8.42 Å². The van der Waals surface area contributed by atoms with Gasteiger partial charge in [-0.1, -0.05) is 21.4 Å². The maximum absolute atomic E-state index is 13.7. The number of nitrogens with one attached hydrogen (secondary N) is 2. The molecule has 0 aromatic heterocycles. The molecule has 174 valence electrons. The van der Waals surface area contributed by atoms with E-state index in [1.807, 2.05) is 0 Å². The summed E-state index contributed by atoms with van der Waals surface area (Å²) in [6.07, 6.45) is 1.69. The van der Waals surface area contributed by atoms with E-state index in [9.17, 15) is 22.0 Å². The number of ether oxygens (including phenoxy) is 1. The van der Waals surface area contributed by atoms with Crippen LogP contribution >= 0.6 is 9.24 Å². The third kappa shape index (κ3) is 5.36. The average Bonchev–Trinajstić information content (AvgIpc) is 2.78. The van der Waals surface area contributed by atoms with Crippen LogP contribution in [0.2, 0.25) is 0 Å². The van der Waals surface area contributed by atoms with Crippen LogP contribution in [-0.2, 0) is 20.5 Å². The molecular formula is C21H26F2N3O4PS. The summed E-state index contributed by atoms with van der Waals surface area (Å²) in [5.41, 5.74) is -3.03. The Kier molecular flexibility index (Phi) is 7.37. The Labute approximate surface area is 188 Å². The van der Waals surface area contributed by atoms with Gasteiger partial charge in [0.1, 0.15) is 10.6 Å². The fourth-order valence-electron chi connectivity index (χ4n) is 3.47. The summed E-state index contributed by atoms with van der Waals surface area (Å²) < 4.78 is 59.9. The molecule has 11 heteroatoms. The first-order chi connectivity index (χ1) is 15.0. The van der Waals surface area contributed by atoms with Gasteiger partial charge in [-0.3, -0.25) is 9.10 Å². The minimum Gasteiger partial charge on any atom is -0.495 e. The van der Waals surface area contributed by atoms with E-state index in [2.05, 4.69) is 10.6 Å². The van der Waals surface area contributed by atoms with Crippen molar-refractivity contribution >= 4 is 36.5 Å². The molecule has 1 aliphatic rings. The topological polar surface area (TPSA) is 87.7 Å². The van der Waals surface area contributed by atoms with Gasteiger partial charge in [-0.2, -0.15) is 8.78 Å². The fourth-order valence-corrected chi connectivity index (χ4v) is 4.98. The molecule has 0 aliphatic carbocycles. The van der Waals surface area contributed by atoms with Crippen LogP contribution in [0.1, 0.15) is 18.4 Å². The number of halogens is 2. The van der Waals surface area contributed by atoms with Gasteiger partial charge in [-0.15, -0.1) is 0 Å². The molecule has 1 unspecified atom stereocenters. The van der Waals surface area contributed by atoms with E-state index in [-0.39, 0.29) is 33.7 Å². The van der Waals surface area contributed by atoms with Crippen molar-refractivity contribution in [2.24, 2.45) is 5.92 Å². The number of hydrogen-bond acceptors (Lipinski definition) is 5. The van der Waals surface area contributed by atoms with E-state index in [1.165, 1.54) is 59.8 Å². The van der Waals surface area contributed by atoms with Gasteiger partial charge in [0.15, 0.2) is 0 Å². The normalized spacial score (nSPS) is 17.0. The van der Waals surface area contributed by atoms with Crippen LogP contribution in [0.15, 0.2) is 47.4 Å². The number of benzene rings is 2. The van der Waals surface area contributed by atoms with Crippen LogP contribution in [0, 0.1) is 5.92 Å². The number of amides is 1. The maximum atomic E-state index is 13.7. The molecule has 1 amide bonds. The van der Waals surface area contributed by atoms with E-state index in [1.54, 1.807) is 0 Å². The van der Waals surface area contributed by atoms with Gasteiger partial charge >= 0.3 is 0 Å². The number of nitrogens with zero attached hydrogens (tertiary/aromatic N) is 1. The van der Waals surface area contributed by atoms with Crippen LogP contribution in [0.4, 0.5) is 20.2 Å². The van der Waals surface area contributed by atoms with Crippen LogP contribution in [0.5, 0.6) is 5.75 Å². The molecule has 0 radical (unpaired) electrons. The molecule has 2 atom stereocenters. The molecule has 7 nitrogen and oxygen atoms in total. The maximum Gasteiger partial charge on any atom is 0.283 e. The summed E-state index contributed by atoms with van der Waals surface area (Å²) in [4.78, 5) is 12.3. The van der Waals surface area contributed by atoms with Crippen LogP contribution < -0.4 is 19.7 Å². The van der Waals surface area contributed by atoms with Crippen molar-refractivity contribution in [3.05, 3.63) is 48.0 Å². The summed E-state index contributed by atoms with van der Waals surface area (Å²) in [6, 6.07) is 9.36. The van der Waals surface area contributed by atoms with Crippen molar-refractivity contribution in [1.82, 2.24) is 5.32 Å². The van der Waals surface area contributed by atoms with Gasteiger partial charge in [0, 0.05) is 30.9 Å². The molecule has 0 spiro atoms. The first-order valence-electron chi connectivity index (χ1n) is 10.00. The molecule has 2 aromatic rings. The van der Waals surface area contributed by atoms with Gasteiger partial charge in [0.25, 0.3) is 15.7 Å². The lowest BCUT2D eigenvalue weighted by molar-refractivity contribution is -0.120. The molecule has 0 saturated carbocycles. The number of carbonyl (C=O) groups excluding carboxylic acids is 1. The summed E-state index contributed by atoms with van der Waals surface area (Å²) in [5, 5.41) is 5.97. The third-order valence-corrected chi connectivity index (χ3v) is 7.49. The highest BCUT2D eigenvalue weighted by molar-refractivity contribution is 7.92. The lowest BCUT2D eigenvalue weighted by Crippen LogP contribution is -2.37. The predicted molar refractivity (Wildman–Crippen MR) is 123 cm³/mol. The van der Waals surface area contributed by atoms with Crippen molar-refractivity contribution in [2.75, 3.05) is 36.9 Å². The van der Waals surface area contributed by atoms with Crippen LogP contribution in [0.3, 0.4) is 0 Å². The summed E-state index contributed by atoms with van der Waals surface area (Å²) in [6.45, 7) is 1.48. The SMILES string of the molecule is COc1cc(NC(=O)[C@@H]2CCCNC2)ccc1S(=O)(=O)N(C)c1cccc(C(F)(F)P)c1. The molecule has 2 N–H and O–H groups in total. The third-order valence-electron chi connectivity index (χ3n) is 5.33. The standard InChI is InChI=1S/C21H26F2N3O4PS/c1-26(17-7-3-6-15(11-17)21(22,23)31)32(28,29)19-9-8-16(12-18(19)30-2)25-20(27)14-5-4-10-24-13-14/h3,6-9,11-12,14,24H,4-5,10,13,31H2,1-2H3,(H,25,27)/t14-/m1/s1. The Hall–Kier alpha value is -2.29. The summed E-state index contributed by atoms with van der Waals surface area (Å²) >= 11 is 0. The van der Waals surface area contributed by atoms with Crippen molar-refractivity contribution in [1.29, 1.82) is 0 Å². The van der Waals surface area contributed by atoms with Gasteiger partial charge in [0.2, 0.25) is 5.91 Å². The zero-order valence-corrected chi connectivity index (χ0v) is 19.7. The molecular weight excluding hydrogens is 459 g/mol. The summed E-state index contributed by atoms with van der Waals surface area (Å²) in [7, 11) is -0.0985. The highest BCUT2D eigenvalue weighted by atomic mass is 32.2. The second-order valence-corrected chi connectivity index (χ2v) is 10.2. The molecule has 3 rings (SSSR count). The van der Waals surface area contributed by atoms with Gasteiger partial charge < -0.3 is 15.4 Å². The Morgan fingerprint density at radius 2 is 2.03 bits per heavy atom. The van der Waals surface area contributed by atoms with E-state index >= 15 is 0 Å². The molecule has 1 fully saturated rings. The number of carbonyl (C=O) groups is 1. The molecule has 1 saturated heterocycles. The Morgan fingerprint density at radius 3 is 2.66 bits per heavy atom. The van der Waals surface area contributed by atoms with Crippen molar-refractivity contribution in [3.63, 3.8) is 0 Å². The van der Waals surface area contributed by atoms with Gasteiger partial charge in [0.05, 0.1) is 18.7 Å². The average molecular weight is 485 g/mol.